The van der Waals surface area contributed by atoms with Gasteiger partial charge in [0.2, 0.25) is 5.91 Å². The van der Waals surface area contributed by atoms with Gasteiger partial charge in [-0.25, -0.2) is 0 Å². The Kier molecular flexibility index (Phi) is 9.85. The minimum absolute atomic E-state index is 0.149. The number of hydrogen-bond acceptors (Lipinski definition) is 3. The van der Waals surface area contributed by atoms with Crippen molar-refractivity contribution >= 4 is 43.7 Å². The fraction of sp³-hybridized carbons (Fsp3) is 0.391. The monoisotopic (exact) mass is 538 g/mol. The summed E-state index contributed by atoms with van der Waals surface area (Å²) >= 11 is 6.96. The number of rotatable bonds is 10. The number of aryl methyl sites for hydroxylation is 1. The average molecular weight is 540 g/mol. The molecule has 5 nitrogen and oxygen atoms in total. The molecule has 0 spiro atoms. The highest BCUT2D eigenvalue weighted by molar-refractivity contribution is 9.10. The zero-order chi connectivity index (χ0) is 22.1. The quantitative estimate of drug-likeness (QED) is 0.457. The number of carbonyl (C=O) groups is 2. The van der Waals surface area contributed by atoms with Crippen LogP contribution < -0.4 is 10.1 Å². The molecule has 0 saturated heterocycles. The van der Waals surface area contributed by atoms with Crippen molar-refractivity contribution in [1.82, 2.24) is 10.2 Å². The number of nitrogens with zero attached hydrogens (tertiary/aromatic N) is 1. The molecule has 162 valence electrons. The second-order valence-electron chi connectivity index (χ2n) is 7.03. The lowest BCUT2D eigenvalue weighted by atomic mass is 10.1. The van der Waals surface area contributed by atoms with E-state index in [2.05, 4.69) is 44.1 Å². The van der Waals surface area contributed by atoms with E-state index in [0.717, 1.165) is 27.4 Å². The first-order valence-corrected chi connectivity index (χ1v) is 11.7. The Labute approximate surface area is 195 Å². The van der Waals surface area contributed by atoms with Crippen molar-refractivity contribution < 1.29 is 14.3 Å². The summed E-state index contributed by atoms with van der Waals surface area (Å²) in [6.07, 6.45) is 1.76. The Bertz CT molecular complexity index is 873. The lowest BCUT2D eigenvalue weighted by Gasteiger charge is -2.29. The van der Waals surface area contributed by atoms with Gasteiger partial charge in [-0.15, -0.1) is 0 Å². The summed E-state index contributed by atoms with van der Waals surface area (Å²) in [5, 5.41) is 2.87. The van der Waals surface area contributed by atoms with Gasteiger partial charge < -0.3 is 15.0 Å². The van der Waals surface area contributed by atoms with Crippen LogP contribution in [0.5, 0.6) is 5.75 Å². The molecule has 0 radical (unpaired) electrons. The van der Waals surface area contributed by atoms with Crippen molar-refractivity contribution in [2.24, 2.45) is 0 Å². The summed E-state index contributed by atoms with van der Waals surface area (Å²) in [7, 11) is 0. The molecule has 2 amide bonds. The van der Waals surface area contributed by atoms with E-state index in [1.54, 1.807) is 11.8 Å². The van der Waals surface area contributed by atoms with Gasteiger partial charge in [-0.05, 0) is 71.1 Å². The number of carbonyl (C=O) groups excluding carboxylic acids is 2. The van der Waals surface area contributed by atoms with E-state index in [0.29, 0.717) is 18.8 Å². The van der Waals surface area contributed by atoms with E-state index < -0.39 is 6.04 Å². The molecule has 2 rings (SSSR count). The molecule has 7 heteroatoms. The summed E-state index contributed by atoms with van der Waals surface area (Å²) in [5.41, 5.74) is 2.11. The lowest BCUT2D eigenvalue weighted by Crippen LogP contribution is -2.49. The first kappa shape index (κ1) is 24.4. The van der Waals surface area contributed by atoms with Gasteiger partial charge in [0, 0.05) is 17.6 Å². The SMILES string of the molecule is CCCNC(=O)C(C)N(Cc1cccc(Br)c1)C(=O)COc1ccc(CC)cc1Br. The van der Waals surface area contributed by atoms with Gasteiger partial charge in [0.25, 0.3) is 5.91 Å². The van der Waals surface area contributed by atoms with E-state index >= 15 is 0 Å². The molecule has 30 heavy (non-hydrogen) atoms. The van der Waals surface area contributed by atoms with E-state index in [4.69, 9.17) is 4.74 Å². The maximum Gasteiger partial charge on any atom is 0.261 e. The highest BCUT2D eigenvalue weighted by atomic mass is 79.9. The molecule has 0 aliphatic rings. The molecule has 0 saturated carbocycles. The van der Waals surface area contributed by atoms with Crippen molar-refractivity contribution in [3.05, 3.63) is 62.5 Å². The van der Waals surface area contributed by atoms with Gasteiger partial charge >= 0.3 is 0 Å². The smallest absolute Gasteiger partial charge is 0.261 e. The molecule has 0 fully saturated rings. The topological polar surface area (TPSA) is 58.6 Å². The maximum atomic E-state index is 13.1. The summed E-state index contributed by atoms with van der Waals surface area (Å²) < 4.78 is 7.50. The van der Waals surface area contributed by atoms with E-state index in [1.165, 1.54) is 5.56 Å². The predicted molar refractivity (Wildman–Crippen MR) is 126 cm³/mol. The summed E-state index contributed by atoms with van der Waals surface area (Å²) in [5.74, 6) is 0.181. The first-order chi connectivity index (χ1) is 14.3. The Morgan fingerprint density at radius 1 is 1.10 bits per heavy atom. The van der Waals surface area contributed by atoms with Crippen LogP contribution >= 0.6 is 31.9 Å². The minimum atomic E-state index is -0.613. The number of ether oxygens (including phenoxy) is 1. The second-order valence-corrected chi connectivity index (χ2v) is 8.80. The molecule has 1 unspecified atom stereocenters. The largest absolute Gasteiger partial charge is 0.483 e. The van der Waals surface area contributed by atoms with Crippen LogP contribution in [0.3, 0.4) is 0 Å². The Balaban J connectivity index is 2.15. The van der Waals surface area contributed by atoms with Crippen LogP contribution in [0.25, 0.3) is 0 Å². The van der Waals surface area contributed by atoms with Gasteiger partial charge in [0.15, 0.2) is 6.61 Å². The van der Waals surface area contributed by atoms with Gasteiger partial charge in [-0.2, -0.15) is 0 Å². The highest BCUT2D eigenvalue weighted by Crippen LogP contribution is 2.26. The normalized spacial score (nSPS) is 11.6. The molecule has 1 N–H and O–H groups in total. The Morgan fingerprint density at radius 3 is 2.50 bits per heavy atom. The van der Waals surface area contributed by atoms with Crippen LogP contribution in [-0.2, 0) is 22.6 Å². The van der Waals surface area contributed by atoms with Gasteiger partial charge in [0.05, 0.1) is 4.47 Å². The molecular weight excluding hydrogens is 512 g/mol. The third-order valence-corrected chi connectivity index (χ3v) is 5.83. The predicted octanol–water partition coefficient (Wildman–Crippen LogP) is 5.10. The molecular formula is C23H28Br2N2O3. The van der Waals surface area contributed by atoms with Crippen LogP contribution in [0.4, 0.5) is 0 Å². The maximum absolute atomic E-state index is 13.1. The first-order valence-electron chi connectivity index (χ1n) is 10.1. The molecule has 0 heterocycles. The zero-order valence-electron chi connectivity index (χ0n) is 17.6. The number of nitrogens with one attached hydrogen (secondary N) is 1. The third-order valence-electron chi connectivity index (χ3n) is 4.71. The van der Waals surface area contributed by atoms with Gasteiger partial charge in [0.1, 0.15) is 11.8 Å². The number of halogens is 2. The molecule has 2 aromatic rings. The minimum Gasteiger partial charge on any atom is -0.483 e. The number of hydrogen-bond donors (Lipinski definition) is 1. The molecule has 0 aromatic heterocycles. The van der Waals surface area contributed by atoms with Crippen LogP contribution in [0.1, 0.15) is 38.3 Å². The number of amides is 2. The average Bonchev–Trinajstić information content (AvgIpc) is 2.74. The summed E-state index contributed by atoms with van der Waals surface area (Å²) in [6, 6.07) is 12.9. The van der Waals surface area contributed by atoms with Crippen molar-refractivity contribution in [2.75, 3.05) is 13.2 Å². The Hall–Kier alpha value is -1.86. The van der Waals surface area contributed by atoms with E-state index in [9.17, 15) is 9.59 Å². The van der Waals surface area contributed by atoms with Crippen LogP contribution in [0.2, 0.25) is 0 Å². The lowest BCUT2D eigenvalue weighted by molar-refractivity contribution is -0.142. The molecule has 0 aliphatic carbocycles. The number of benzene rings is 2. The van der Waals surface area contributed by atoms with E-state index in [1.807, 2.05) is 49.4 Å². The van der Waals surface area contributed by atoms with E-state index in [-0.39, 0.29) is 18.4 Å². The van der Waals surface area contributed by atoms with Gasteiger partial charge in [-0.1, -0.05) is 48.0 Å². The summed E-state index contributed by atoms with van der Waals surface area (Å²) in [6.45, 7) is 6.56. The molecule has 2 aromatic carbocycles. The zero-order valence-corrected chi connectivity index (χ0v) is 20.8. The van der Waals surface area contributed by atoms with Gasteiger partial charge in [-0.3, -0.25) is 9.59 Å². The second kappa shape index (κ2) is 12.1. The van der Waals surface area contributed by atoms with Crippen LogP contribution in [0.15, 0.2) is 51.4 Å². The van der Waals surface area contributed by atoms with Crippen molar-refractivity contribution in [1.29, 1.82) is 0 Å². The fourth-order valence-corrected chi connectivity index (χ4v) is 3.90. The fourth-order valence-electron chi connectivity index (χ4n) is 2.91. The highest BCUT2D eigenvalue weighted by Gasteiger charge is 2.26. The Morgan fingerprint density at radius 2 is 1.87 bits per heavy atom. The molecule has 0 aliphatic heterocycles. The summed E-state index contributed by atoms with van der Waals surface area (Å²) in [4.78, 5) is 27.2. The van der Waals surface area contributed by atoms with Crippen molar-refractivity contribution in [2.45, 2.75) is 46.2 Å². The standard InChI is InChI=1S/C23H28Br2N2O3/c1-4-11-26-23(29)16(3)27(14-18-7-6-8-19(24)12-18)22(28)15-30-21-10-9-17(5-2)13-20(21)25/h6-10,12-13,16H,4-5,11,14-15H2,1-3H3,(H,26,29). The van der Waals surface area contributed by atoms with Crippen molar-refractivity contribution in [3.8, 4) is 5.75 Å². The third kappa shape index (κ3) is 7.13. The molecule has 0 bridgehead atoms. The molecule has 1 atom stereocenters. The van der Waals surface area contributed by atoms with Crippen LogP contribution in [0, 0.1) is 0 Å². The van der Waals surface area contributed by atoms with Crippen LogP contribution in [-0.4, -0.2) is 35.9 Å². The van der Waals surface area contributed by atoms with Crippen molar-refractivity contribution in [3.63, 3.8) is 0 Å².